The van der Waals surface area contributed by atoms with Crippen LogP contribution in [0.15, 0.2) is 47.4 Å². The van der Waals surface area contributed by atoms with Crippen molar-refractivity contribution in [3.63, 3.8) is 0 Å². The highest BCUT2D eigenvalue weighted by atomic mass is 32.2. The Balaban J connectivity index is 1.51. The van der Waals surface area contributed by atoms with Gasteiger partial charge in [-0.2, -0.15) is 0 Å². The van der Waals surface area contributed by atoms with E-state index in [1.807, 2.05) is 13.8 Å². The molecule has 160 valence electrons. The number of carbonyl (C=O) groups is 1. The Bertz CT molecular complexity index is 1010. The summed E-state index contributed by atoms with van der Waals surface area (Å²) >= 11 is 0. The zero-order valence-corrected chi connectivity index (χ0v) is 18.2. The van der Waals surface area contributed by atoms with Gasteiger partial charge in [0.25, 0.3) is 15.9 Å². The number of amides is 1. The molecule has 0 spiro atoms. The minimum atomic E-state index is -3.82. The van der Waals surface area contributed by atoms with Gasteiger partial charge in [0.1, 0.15) is 5.75 Å². The fourth-order valence-electron chi connectivity index (χ4n) is 3.77. The first-order chi connectivity index (χ1) is 14.4. The van der Waals surface area contributed by atoms with Crippen molar-refractivity contribution >= 4 is 21.6 Å². The van der Waals surface area contributed by atoms with Crippen LogP contribution in [0.2, 0.25) is 0 Å². The minimum absolute atomic E-state index is 0.0709. The first-order valence-electron chi connectivity index (χ1n) is 10.5. The van der Waals surface area contributed by atoms with Crippen molar-refractivity contribution < 1.29 is 17.9 Å². The molecule has 0 bridgehead atoms. The zero-order chi connectivity index (χ0) is 21.3. The number of nitrogens with one attached hydrogen (secondary N) is 2. The second kappa shape index (κ2) is 8.30. The smallest absolute Gasteiger partial charge is 0.261 e. The monoisotopic (exact) mass is 428 g/mol. The maximum atomic E-state index is 12.9. The van der Waals surface area contributed by atoms with Gasteiger partial charge < -0.3 is 10.1 Å². The van der Waals surface area contributed by atoms with E-state index in [2.05, 4.69) is 10.0 Å². The molecule has 1 amide bonds. The van der Waals surface area contributed by atoms with Gasteiger partial charge >= 0.3 is 0 Å². The molecule has 2 aromatic rings. The van der Waals surface area contributed by atoms with Crippen LogP contribution in [0.3, 0.4) is 0 Å². The molecule has 0 atom stereocenters. The number of hydrogen-bond donors (Lipinski definition) is 2. The van der Waals surface area contributed by atoms with Crippen LogP contribution >= 0.6 is 0 Å². The van der Waals surface area contributed by atoms with Crippen LogP contribution in [0, 0.1) is 18.8 Å². The van der Waals surface area contributed by atoms with Gasteiger partial charge in [0.2, 0.25) is 0 Å². The first kappa shape index (κ1) is 20.7. The summed E-state index contributed by atoms with van der Waals surface area (Å²) in [5.41, 5.74) is 1.61. The fourth-order valence-corrected chi connectivity index (χ4v) is 4.86. The third kappa shape index (κ3) is 4.78. The summed E-state index contributed by atoms with van der Waals surface area (Å²) in [6, 6.07) is 11.6. The first-order valence-corrected chi connectivity index (χ1v) is 12.0. The van der Waals surface area contributed by atoms with Gasteiger partial charge in [-0.15, -0.1) is 0 Å². The van der Waals surface area contributed by atoms with Crippen LogP contribution in [0.5, 0.6) is 5.75 Å². The Hall–Kier alpha value is -2.54. The van der Waals surface area contributed by atoms with Crippen LogP contribution in [-0.4, -0.2) is 27.0 Å². The van der Waals surface area contributed by atoms with Crippen molar-refractivity contribution in [1.82, 2.24) is 5.32 Å². The molecular weight excluding hydrogens is 400 g/mol. The van der Waals surface area contributed by atoms with Crippen LogP contribution in [-0.2, 0) is 10.0 Å². The molecule has 0 radical (unpaired) electrons. The van der Waals surface area contributed by atoms with E-state index in [1.165, 1.54) is 37.8 Å². The summed E-state index contributed by atoms with van der Waals surface area (Å²) in [5.74, 6) is 1.65. The fraction of sp³-hybridized carbons (Fsp3) is 0.435. The predicted octanol–water partition coefficient (Wildman–Crippen LogP) is 4.11. The van der Waals surface area contributed by atoms with Crippen LogP contribution in [0.25, 0.3) is 0 Å². The van der Waals surface area contributed by atoms with Crippen LogP contribution < -0.4 is 14.8 Å². The van der Waals surface area contributed by atoms with E-state index >= 15 is 0 Å². The molecule has 0 saturated heterocycles. The highest BCUT2D eigenvalue weighted by Crippen LogP contribution is 2.44. The summed E-state index contributed by atoms with van der Waals surface area (Å²) in [5, 5.41) is 3.18. The molecule has 0 aliphatic heterocycles. The Morgan fingerprint density at radius 2 is 1.70 bits per heavy atom. The Labute approximate surface area is 178 Å². The molecule has 0 heterocycles. The molecular formula is C23H28N2O4S. The maximum Gasteiger partial charge on any atom is 0.261 e. The number of benzene rings is 2. The quantitative estimate of drug-likeness (QED) is 0.629. The molecule has 6 nitrogen and oxygen atoms in total. The summed E-state index contributed by atoms with van der Waals surface area (Å²) < 4.78 is 33.7. The average Bonchev–Trinajstić information content (AvgIpc) is 3.62. The van der Waals surface area contributed by atoms with Gasteiger partial charge in [0, 0.05) is 17.3 Å². The molecule has 30 heavy (non-hydrogen) atoms. The lowest BCUT2D eigenvalue weighted by atomic mass is 10.0. The molecule has 2 fully saturated rings. The van der Waals surface area contributed by atoms with Crippen molar-refractivity contribution in [3.8, 4) is 5.75 Å². The zero-order valence-electron chi connectivity index (χ0n) is 17.4. The van der Waals surface area contributed by atoms with Crippen molar-refractivity contribution in [3.05, 3.63) is 53.6 Å². The highest BCUT2D eigenvalue weighted by molar-refractivity contribution is 7.92. The van der Waals surface area contributed by atoms with E-state index in [1.54, 1.807) is 30.3 Å². The average molecular weight is 429 g/mol. The van der Waals surface area contributed by atoms with Gasteiger partial charge in [0.15, 0.2) is 0 Å². The van der Waals surface area contributed by atoms with Crippen molar-refractivity contribution in [2.45, 2.75) is 50.5 Å². The van der Waals surface area contributed by atoms with E-state index in [9.17, 15) is 13.2 Å². The molecule has 2 N–H and O–H groups in total. The van der Waals surface area contributed by atoms with E-state index in [0.717, 1.165) is 5.56 Å². The van der Waals surface area contributed by atoms with Crippen molar-refractivity contribution in [1.29, 1.82) is 0 Å². The second-order valence-corrected chi connectivity index (χ2v) is 9.90. The van der Waals surface area contributed by atoms with E-state index in [-0.39, 0.29) is 16.8 Å². The Morgan fingerprint density at radius 3 is 2.27 bits per heavy atom. The van der Waals surface area contributed by atoms with E-state index in [4.69, 9.17) is 4.74 Å². The summed E-state index contributed by atoms with van der Waals surface area (Å²) in [7, 11) is -3.82. The molecule has 2 aliphatic rings. The lowest BCUT2D eigenvalue weighted by molar-refractivity contribution is 0.0925. The van der Waals surface area contributed by atoms with E-state index < -0.39 is 10.0 Å². The van der Waals surface area contributed by atoms with Gasteiger partial charge in [-0.05, 0) is 93.3 Å². The van der Waals surface area contributed by atoms with Gasteiger partial charge in [0.05, 0.1) is 11.5 Å². The number of sulfonamides is 1. The SMILES string of the molecule is CCOc1ccc(NS(=O)(=O)c2ccc(C)c(C(=O)NC(C3CC3)C3CC3)c2)cc1. The van der Waals surface area contributed by atoms with Crippen molar-refractivity contribution in [2.24, 2.45) is 11.8 Å². The standard InChI is InChI=1S/C23H28N2O4S/c1-3-29-19-11-9-18(10-12-19)25-30(27,28)20-13-4-15(2)21(14-20)23(26)24-22(16-5-6-16)17-7-8-17/h4,9-14,16-17,22,25H,3,5-8H2,1-2H3,(H,24,26). The second-order valence-electron chi connectivity index (χ2n) is 8.21. The maximum absolute atomic E-state index is 12.9. The summed E-state index contributed by atoms with van der Waals surface area (Å²) in [6.45, 7) is 4.26. The third-order valence-corrected chi connectivity index (χ3v) is 7.12. The summed E-state index contributed by atoms with van der Waals surface area (Å²) in [4.78, 5) is 13.0. The molecule has 2 aliphatic carbocycles. The van der Waals surface area contributed by atoms with Gasteiger partial charge in [-0.25, -0.2) is 8.42 Å². The number of rotatable bonds is 9. The topological polar surface area (TPSA) is 84.5 Å². The highest BCUT2D eigenvalue weighted by Gasteiger charge is 2.42. The Morgan fingerprint density at radius 1 is 1.07 bits per heavy atom. The molecule has 7 heteroatoms. The molecule has 2 saturated carbocycles. The lowest BCUT2D eigenvalue weighted by Gasteiger charge is -2.19. The van der Waals surface area contributed by atoms with Crippen LogP contribution in [0.4, 0.5) is 5.69 Å². The number of ether oxygens (including phenoxy) is 1. The predicted molar refractivity (Wildman–Crippen MR) is 116 cm³/mol. The Kier molecular flexibility index (Phi) is 5.73. The molecule has 4 rings (SSSR count). The summed E-state index contributed by atoms with van der Waals surface area (Å²) in [6.07, 6.45) is 4.67. The van der Waals surface area contributed by atoms with Gasteiger partial charge in [-0.3, -0.25) is 9.52 Å². The lowest BCUT2D eigenvalue weighted by Crippen LogP contribution is -2.38. The number of aryl methyl sites for hydroxylation is 1. The number of anilines is 1. The van der Waals surface area contributed by atoms with Crippen molar-refractivity contribution in [2.75, 3.05) is 11.3 Å². The largest absolute Gasteiger partial charge is 0.494 e. The molecule has 0 aromatic heterocycles. The number of carbonyl (C=O) groups excluding carboxylic acids is 1. The molecule has 0 unspecified atom stereocenters. The molecule has 2 aromatic carbocycles. The minimum Gasteiger partial charge on any atom is -0.494 e. The number of hydrogen-bond acceptors (Lipinski definition) is 4. The van der Waals surface area contributed by atoms with E-state index in [0.29, 0.717) is 35.4 Å². The van der Waals surface area contributed by atoms with Gasteiger partial charge in [-0.1, -0.05) is 6.07 Å². The normalized spacial score (nSPS) is 16.4. The van der Waals surface area contributed by atoms with Crippen LogP contribution in [0.1, 0.15) is 48.5 Å². The third-order valence-electron chi connectivity index (χ3n) is 5.74.